The first-order valence-corrected chi connectivity index (χ1v) is 13.1. The monoisotopic (exact) mass is 542 g/mol. The molecule has 5 aromatic rings. The van der Waals surface area contributed by atoms with Crippen molar-refractivity contribution in [3.8, 4) is 11.1 Å². The molecular formula is C30H27FN4O3S. The zero-order valence-corrected chi connectivity index (χ0v) is 22.1. The van der Waals surface area contributed by atoms with Crippen LogP contribution in [0.15, 0.2) is 97.3 Å². The maximum absolute atomic E-state index is 13.9. The topological polar surface area (TPSA) is 80.5 Å². The summed E-state index contributed by atoms with van der Waals surface area (Å²) in [4.78, 5) is 19.7. The summed E-state index contributed by atoms with van der Waals surface area (Å²) in [5.74, 6) is -0.221. The Labute approximate surface area is 230 Å². The Morgan fingerprint density at radius 3 is 2.33 bits per heavy atom. The van der Waals surface area contributed by atoms with E-state index in [0.717, 1.165) is 20.8 Å². The third-order valence-corrected chi connectivity index (χ3v) is 7.08. The SMILES string of the molecule is CN(C(=O)c1ccc(-c2ccccc2)cc1)[C@H](COCc1ccccc1)c1cnc(CO)c2cnn(SF)c12. The van der Waals surface area contributed by atoms with Crippen LogP contribution in [0.1, 0.15) is 33.2 Å². The van der Waals surface area contributed by atoms with E-state index in [1.54, 1.807) is 30.3 Å². The third kappa shape index (κ3) is 5.70. The number of likely N-dealkylation sites (N-methyl/N-ethyl adjacent to an activating group) is 1. The second-order valence-corrected chi connectivity index (χ2v) is 9.53. The molecule has 9 heteroatoms. The first kappa shape index (κ1) is 26.6. The number of ether oxygens (including phenoxy) is 1. The van der Waals surface area contributed by atoms with Gasteiger partial charge in [0.1, 0.15) is 0 Å². The van der Waals surface area contributed by atoms with Crippen LogP contribution >= 0.6 is 12.3 Å². The number of rotatable bonds is 10. The molecule has 7 nitrogen and oxygen atoms in total. The molecule has 0 unspecified atom stereocenters. The zero-order valence-electron chi connectivity index (χ0n) is 21.3. The summed E-state index contributed by atoms with van der Waals surface area (Å²) in [5, 5.41) is 14.4. The molecule has 0 aliphatic heterocycles. The number of fused-ring (bicyclic) bond motifs is 1. The number of hydrogen-bond donors (Lipinski definition) is 1. The van der Waals surface area contributed by atoms with Gasteiger partial charge in [0, 0.05) is 29.8 Å². The van der Waals surface area contributed by atoms with Crippen LogP contribution in [0.4, 0.5) is 3.89 Å². The van der Waals surface area contributed by atoms with Crippen molar-refractivity contribution in [1.29, 1.82) is 0 Å². The van der Waals surface area contributed by atoms with Crippen molar-refractivity contribution in [2.75, 3.05) is 13.7 Å². The highest BCUT2D eigenvalue weighted by Gasteiger charge is 2.28. The molecule has 2 aromatic heterocycles. The highest BCUT2D eigenvalue weighted by Crippen LogP contribution is 2.32. The number of nitrogens with zero attached hydrogens (tertiary/aromatic N) is 4. The van der Waals surface area contributed by atoms with Gasteiger partial charge in [-0.15, -0.1) is 3.89 Å². The predicted molar refractivity (Wildman–Crippen MR) is 150 cm³/mol. The molecule has 1 atom stereocenters. The second-order valence-electron chi connectivity index (χ2n) is 9.04. The summed E-state index contributed by atoms with van der Waals surface area (Å²) in [6.07, 6.45) is 3.02. The van der Waals surface area contributed by atoms with Crippen molar-refractivity contribution in [1.82, 2.24) is 19.1 Å². The Morgan fingerprint density at radius 2 is 1.67 bits per heavy atom. The number of carbonyl (C=O) groups excluding carboxylic acids is 1. The Hall–Kier alpha value is -4.05. The fraction of sp³-hybridized carbons (Fsp3) is 0.167. The summed E-state index contributed by atoms with van der Waals surface area (Å²) in [6.45, 7) is 0.154. The van der Waals surface area contributed by atoms with Crippen LogP contribution in [0, 0.1) is 0 Å². The summed E-state index contributed by atoms with van der Waals surface area (Å²) < 4.78 is 21.1. The Kier molecular flexibility index (Phi) is 8.31. The molecule has 0 aliphatic carbocycles. The number of carbonyl (C=O) groups is 1. The standard InChI is InChI=1S/C30H27FN4O3S/c1-34(30(37)24-14-12-23(13-15-24)22-10-6-3-7-11-22)28(20-38-19-21-8-4-2-5-9-21)26-16-32-27(18-36)25-17-33-35(39-31)29(25)26/h2-17,28,36H,18-20H2,1H3/t28-/m1/s1. The van der Waals surface area contributed by atoms with Crippen molar-refractivity contribution in [2.45, 2.75) is 19.3 Å². The van der Waals surface area contributed by atoms with E-state index < -0.39 is 6.04 Å². The normalized spacial score (nSPS) is 12.0. The Morgan fingerprint density at radius 1 is 1.00 bits per heavy atom. The van der Waals surface area contributed by atoms with E-state index in [9.17, 15) is 13.8 Å². The number of amides is 1. The summed E-state index contributed by atoms with van der Waals surface area (Å²) in [6, 6.07) is 26.5. The maximum Gasteiger partial charge on any atom is 0.254 e. The zero-order chi connectivity index (χ0) is 27.2. The van der Waals surface area contributed by atoms with Crippen LogP contribution in [-0.4, -0.2) is 43.7 Å². The van der Waals surface area contributed by atoms with Gasteiger partial charge in [0.05, 0.1) is 43.3 Å². The molecule has 39 heavy (non-hydrogen) atoms. The van der Waals surface area contributed by atoms with Crippen molar-refractivity contribution >= 4 is 29.1 Å². The molecule has 0 aliphatic rings. The number of pyridine rings is 1. The average molecular weight is 543 g/mol. The summed E-state index contributed by atoms with van der Waals surface area (Å²) >= 11 is -0.0557. The van der Waals surface area contributed by atoms with Gasteiger partial charge in [0.25, 0.3) is 5.91 Å². The minimum absolute atomic E-state index is 0.0557. The van der Waals surface area contributed by atoms with Crippen LogP contribution in [0.5, 0.6) is 0 Å². The van der Waals surface area contributed by atoms with Gasteiger partial charge in [-0.25, -0.2) is 0 Å². The van der Waals surface area contributed by atoms with Crippen molar-refractivity contribution in [3.05, 3.63) is 120 Å². The second kappa shape index (κ2) is 12.2. The fourth-order valence-corrected chi connectivity index (χ4v) is 4.92. The van der Waals surface area contributed by atoms with Gasteiger partial charge in [-0.2, -0.15) is 9.19 Å². The fourth-order valence-electron chi connectivity index (χ4n) is 4.56. The quantitative estimate of drug-likeness (QED) is 0.233. The molecule has 1 amide bonds. The van der Waals surface area contributed by atoms with E-state index in [2.05, 4.69) is 10.1 Å². The number of halogens is 1. The molecule has 0 fully saturated rings. The van der Waals surface area contributed by atoms with Crippen molar-refractivity contribution < 1.29 is 18.5 Å². The van der Waals surface area contributed by atoms with E-state index >= 15 is 0 Å². The molecule has 198 valence electrons. The van der Waals surface area contributed by atoms with Crippen LogP contribution in [-0.2, 0) is 18.0 Å². The Balaban J connectivity index is 1.48. The number of aromatic nitrogens is 3. The lowest BCUT2D eigenvalue weighted by Gasteiger charge is -2.29. The maximum atomic E-state index is 13.9. The van der Waals surface area contributed by atoms with Crippen LogP contribution in [0.25, 0.3) is 22.0 Å². The molecule has 5 rings (SSSR count). The van der Waals surface area contributed by atoms with E-state index in [1.165, 1.54) is 6.20 Å². The van der Waals surface area contributed by atoms with E-state index in [1.807, 2.05) is 72.8 Å². The number of benzene rings is 3. The van der Waals surface area contributed by atoms with Crippen molar-refractivity contribution in [3.63, 3.8) is 0 Å². The van der Waals surface area contributed by atoms with Crippen LogP contribution in [0.3, 0.4) is 0 Å². The lowest BCUT2D eigenvalue weighted by molar-refractivity contribution is 0.0454. The molecular weight excluding hydrogens is 515 g/mol. The third-order valence-electron chi connectivity index (χ3n) is 6.67. The van der Waals surface area contributed by atoms with Gasteiger partial charge >= 0.3 is 0 Å². The summed E-state index contributed by atoms with van der Waals surface area (Å²) in [7, 11) is 1.69. The predicted octanol–water partition coefficient (Wildman–Crippen LogP) is 6.00. The lowest BCUT2D eigenvalue weighted by Crippen LogP contribution is -2.34. The van der Waals surface area contributed by atoms with Gasteiger partial charge in [-0.1, -0.05) is 72.8 Å². The molecule has 0 bridgehead atoms. The van der Waals surface area contributed by atoms with Gasteiger partial charge in [0.15, 0.2) is 12.3 Å². The minimum Gasteiger partial charge on any atom is -0.390 e. The Bertz CT molecular complexity index is 1550. The van der Waals surface area contributed by atoms with E-state index in [-0.39, 0.29) is 31.5 Å². The molecule has 0 spiro atoms. The number of hydrogen-bond acceptors (Lipinski definition) is 6. The average Bonchev–Trinajstić information content (AvgIpc) is 3.44. The largest absolute Gasteiger partial charge is 0.390 e. The molecule has 1 N–H and O–H groups in total. The minimum atomic E-state index is -0.611. The smallest absolute Gasteiger partial charge is 0.254 e. The number of aliphatic hydroxyl groups is 1. The van der Waals surface area contributed by atoms with Gasteiger partial charge in [0.2, 0.25) is 0 Å². The first-order chi connectivity index (χ1) is 19.1. The molecule has 0 saturated heterocycles. The first-order valence-electron chi connectivity index (χ1n) is 12.4. The van der Waals surface area contributed by atoms with E-state index in [4.69, 9.17) is 4.74 Å². The highest BCUT2D eigenvalue weighted by molar-refractivity contribution is 7.92. The van der Waals surface area contributed by atoms with Gasteiger partial charge < -0.3 is 14.7 Å². The number of aliphatic hydroxyl groups excluding tert-OH is 1. The van der Waals surface area contributed by atoms with Gasteiger partial charge in [-0.05, 0) is 28.8 Å². The van der Waals surface area contributed by atoms with Crippen LogP contribution in [0.2, 0.25) is 0 Å². The van der Waals surface area contributed by atoms with Crippen molar-refractivity contribution in [2.24, 2.45) is 0 Å². The molecule has 2 heterocycles. The lowest BCUT2D eigenvalue weighted by atomic mass is 10.0. The van der Waals surface area contributed by atoms with E-state index in [0.29, 0.717) is 34.3 Å². The van der Waals surface area contributed by atoms with Gasteiger partial charge in [-0.3, -0.25) is 9.78 Å². The molecule has 0 saturated carbocycles. The summed E-state index contributed by atoms with van der Waals surface area (Å²) in [5.41, 5.74) is 4.95. The van der Waals surface area contributed by atoms with Crippen LogP contribution < -0.4 is 0 Å². The highest BCUT2D eigenvalue weighted by atomic mass is 32.2. The molecule has 0 radical (unpaired) electrons. The molecule has 3 aromatic carbocycles.